The Labute approximate surface area is 322 Å². The number of hydrogen-bond acceptors (Lipinski definition) is 6. The van der Waals surface area contributed by atoms with E-state index in [-0.39, 0.29) is 43.7 Å². The predicted octanol–water partition coefficient (Wildman–Crippen LogP) is 12.6. The zero-order valence-corrected chi connectivity index (χ0v) is 29.7. The molecule has 0 unspecified atom stereocenters. The van der Waals surface area contributed by atoms with E-state index in [1.54, 1.807) is 54.6 Å². The smallest absolute Gasteiger partial charge is 0.338 e. The second kappa shape index (κ2) is 15.3. The Hall–Kier alpha value is -6.58. The second-order valence-corrected chi connectivity index (χ2v) is 12.9. The lowest BCUT2D eigenvalue weighted by molar-refractivity contribution is -0.384. The van der Waals surface area contributed by atoms with Gasteiger partial charge >= 0.3 is 6.18 Å². The van der Waals surface area contributed by atoms with Gasteiger partial charge in [0.2, 0.25) is 0 Å². The van der Waals surface area contributed by atoms with E-state index >= 15 is 0 Å². The molecular weight excluding hydrogens is 783 g/mol. The normalized spacial score (nSPS) is 11.4. The molecule has 6 aromatic carbocycles. The summed E-state index contributed by atoms with van der Waals surface area (Å²) in [4.78, 5) is 10.3. The highest BCUT2D eigenvalue weighted by molar-refractivity contribution is 6.35. The highest BCUT2D eigenvalue weighted by Crippen LogP contribution is 2.40. The third-order valence-corrected chi connectivity index (χ3v) is 9.22. The number of fused-ring (bicyclic) bond motifs is 2. The van der Waals surface area contributed by atoms with Crippen LogP contribution >= 0.6 is 23.2 Å². The number of anilines is 4. The number of H-pyrrole nitrogens is 2. The molecule has 0 aliphatic heterocycles. The van der Waals surface area contributed by atoms with Crippen molar-refractivity contribution in [1.29, 1.82) is 0 Å². The molecule has 2 aromatic heterocycles. The average molecular weight is 807 g/mol. The molecule has 0 fully saturated rings. The highest BCUT2D eigenvalue weighted by atomic mass is 35.5. The van der Waals surface area contributed by atoms with Gasteiger partial charge in [0.1, 0.15) is 16.9 Å². The third kappa shape index (κ3) is 7.67. The Morgan fingerprint density at radius 3 is 1.54 bits per heavy atom. The molecule has 0 bridgehead atoms. The van der Waals surface area contributed by atoms with Crippen LogP contribution in [-0.2, 0) is 6.18 Å². The van der Waals surface area contributed by atoms with Gasteiger partial charge in [-0.05, 0) is 53.6 Å². The first-order valence-electron chi connectivity index (χ1n) is 16.3. The van der Waals surface area contributed by atoms with Crippen molar-refractivity contribution in [3.05, 3.63) is 158 Å². The quantitative estimate of drug-likeness (QED) is 0.0722. The molecule has 0 radical (unpaired) electrons. The Balaban J connectivity index is 0.000000172. The van der Waals surface area contributed by atoms with Gasteiger partial charge in [-0.3, -0.25) is 20.3 Å². The number of hydrogen-bond donors (Lipinski definition) is 4. The van der Waals surface area contributed by atoms with Gasteiger partial charge < -0.3 is 10.6 Å². The number of benzene rings is 6. The van der Waals surface area contributed by atoms with Crippen LogP contribution in [0.2, 0.25) is 10.0 Å². The lowest BCUT2D eigenvalue weighted by Crippen LogP contribution is -2.06. The van der Waals surface area contributed by atoms with Crippen LogP contribution in [-0.4, -0.2) is 25.3 Å². The first-order valence-corrected chi connectivity index (χ1v) is 17.0. The average Bonchev–Trinajstić information content (AvgIpc) is 3.78. The molecule has 17 heteroatoms. The maximum absolute atomic E-state index is 14.7. The molecule has 0 atom stereocenters. The number of aromatic nitrogens is 4. The zero-order valence-electron chi connectivity index (χ0n) is 28.2. The van der Waals surface area contributed by atoms with E-state index < -0.39 is 34.1 Å². The first kappa shape index (κ1) is 37.7. The van der Waals surface area contributed by atoms with Crippen molar-refractivity contribution in [1.82, 2.24) is 20.4 Å². The fourth-order valence-electron chi connectivity index (χ4n) is 5.80. The van der Waals surface area contributed by atoms with Gasteiger partial charge in [-0.1, -0.05) is 83.9 Å². The van der Waals surface area contributed by atoms with Crippen LogP contribution in [0.5, 0.6) is 0 Å². The Morgan fingerprint density at radius 1 is 0.625 bits per heavy atom. The summed E-state index contributed by atoms with van der Waals surface area (Å²) in [5.74, 6) is -1.98. The van der Waals surface area contributed by atoms with Crippen LogP contribution in [0.25, 0.3) is 44.1 Å². The van der Waals surface area contributed by atoms with Crippen molar-refractivity contribution in [3.8, 4) is 22.3 Å². The zero-order chi connectivity index (χ0) is 39.7. The summed E-state index contributed by atoms with van der Waals surface area (Å²) in [6.07, 6.45) is -4.72. The van der Waals surface area contributed by atoms with Crippen molar-refractivity contribution in [2.45, 2.75) is 6.18 Å². The Bertz CT molecular complexity index is 2730. The van der Waals surface area contributed by atoms with E-state index in [1.165, 1.54) is 12.1 Å². The van der Waals surface area contributed by atoms with Crippen LogP contribution < -0.4 is 10.6 Å². The minimum Gasteiger partial charge on any atom is -0.338 e. The number of nitro benzene ring substituents is 1. The van der Waals surface area contributed by atoms with Gasteiger partial charge in [0, 0.05) is 45.4 Å². The van der Waals surface area contributed by atoms with Crippen LogP contribution in [0.4, 0.5) is 55.0 Å². The van der Waals surface area contributed by atoms with Crippen LogP contribution in [0, 0.1) is 27.6 Å². The molecule has 8 aromatic rings. The number of halogens is 8. The number of non-ortho nitro benzene ring substituents is 1. The molecule has 56 heavy (non-hydrogen) atoms. The Morgan fingerprint density at radius 2 is 1.09 bits per heavy atom. The van der Waals surface area contributed by atoms with Gasteiger partial charge in [0.15, 0.2) is 23.3 Å². The second-order valence-electron chi connectivity index (χ2n) is 12.1. The Kier molecular flexibility index (Phi) is 10.3. The summed E-state index contributed by atoms with van der Waals surface area (Å²) in [7, 11) is 0. The predicted molar refractivity (Wildman–Crippen MR) is 204 cm³/mol. The van der Waals surface area contributed by atoms with Gasteiger partial charge in [0.25, 0.3) is 5.69 Å². The fraction of sp³-hybridized carbons (Fsp3) is 0.0256. The number of nitrogens with one attached hydrogen (secondary N) is 4. The lowest BCUT2D eigenvalue weighted by atomic mass is 10.0. The monoisotopic (exact) mass is 805 g/mol. The van der Waals surface area contributed by atoms with E-state index in [1.807, 2.05) is 30.3 Å². The molecule has 0 saturated carbocycles. The maximum atomic E-state index is 14.7. The van der Waals surface area contributed by atoms with E-state index in [0.717, 1.165) is 17.7 Å². The van der Waals surface area contributed by atoms with Gasteiger partial charge in [-0.15, -0.1) is 0 Å². The van der Waals surface area contributed by atoms with E-state index in [0.29, 0.717) is 39.6 Å². The molecule has 0 aliphatic rings. The van der Waals surface area contributed by atoms with Crippen molar-refractivity contribution < 1.29 is 31.3 Å². The number of nitrogens with zero attached hydrogens (tertiary/aromatic N) is 3. The summed E-state index contributed by atoms with van der Waals surface area (Å²) < 4.78 is 81.9. The van der Waals surface area contributed by atoms with Crippen molar-refractivity contribution in [2.75, 3.05) is 10.6 Å². The fourth-order valence-corrected chi connectivity index (χ4v) is 6.32. The van der Waals surface area contributed by atoms with Crippen LogP contribution in [0.15, 0.2) is 115 Å². The highest BCUT2D eigenvalue weighted by Gasteiger charge is 2.31. The molecule has 9 nitrogen and oxygen atoms in total. The summed E-state index contributed by atoms with van der Waals surface area (Å²) in [6, 6.07) is 29.2. The molecular formula is C39H23Cl2F6N7O2. The molecule has 0 saturated heterocycles. The number of aromatic amines is 2. The topological polar surface area (TPSA) is 125 Å². The number of rotatable bonds is 7. The largest absolute Gasteiger partial charge is 0.416 e. The van der Waals surface area contributed by atoms with Crippen LogP contribution in [0.1, 0.15) is 5.56 Å². The molecule has 0 amide bonds. The van der Waals surface area contributed by atoms with E-state index in [9.17, 15) is 36.5 Å². The molecule has 4 N–H and O–H groups in total. The summed E-state index contributed by atoms with van der Waals surface area (Å²) in [5.41, 5.74) is 1.77. The summed E-state index contributed by atoms with van der Waals surface area (Å²) >= 11 is 12.4. The molecule has 282 valence electrons. The molecule has 0 aliphatic carbocycles. The van der Waals surface area contributed by atoms with Gasteiger partial charge in [0.05, 0.1) is 20.5 Å². The third-order valence-electron chi connectivity index (χ3n) is 8.48. The van der Waals surface area contributed by atoms with E-state index in [4.69, 9.17) is 23.2 Å². The van der Waals surface area contributed by atoms with E-state index in [2.05, 4.69) is 31.0 Å². The molecule has 0 spiro atoms. The lowest BCUT2D eigenvalue weighted by Gasteiger charge is -2.11. The standard InChI is InChI=1S/C20H11ClF5N3.C19H12ClFN4O2/c21-16-14(10-4-2-1-3-5-10)9-15-18(17(16)23)28-29-19(15)27-13-7-11(20(24,25)26)6-12(22)8-13;20-16-14(11-4-2-1-3-5-11)10-15-18(17(16)21)23-24-19(15)22-12-6-8-13(9-7-12)25(26)27/h1-9H,(H2,27,28,29);1-10H,(H2,22,23,24). The van der Waals surface area contributed by atoms with Crippen molar-refractivity contribution in [3.63, 3.8) is 0 Å². The first-order chi connectivity index (χ1) is 26.8. The molecule has 2 heterocycles. The van der Waals surface area contributed by atoms with Gasteiger partial charge in [-0.25, -0.2) is 13.2 Å². The summed E-state index contributed by atoms with van der Waals surface area (Å²) in [5, 5.41) is 30.2. The molecule has 8 rings (SSSR count). The van der Waals surface area contributed by atoms with Crippen molar-refractivity contribution >= 4 is 73.7 Å². The number of alkyl halides is 3. The minimum atomic E-state index is -4.72. The van der Waals surface area contributed by atoms with Crippen molar-refractivity contribution in [2.24, 2.45) is 0 Å². The number of nitro groups is 1. The summed E-state index contributed by atoms with van der Waals surface area (Å²) in [6.45, 7) is 0. The van der Waals surface area contributed by atoms with Gasteiger partial charge in [-0.2, -0.15) is 23.4 Å². The minimum absolute atomic E-state index is 0.0132. The van der Waals surface area contributed by atoms with Crippen LogP contribution in [0.3, 0.4) is 0 Å². The maximum Gasteiger partial charge on any atom is 0.416 e. The SMILES string of the molecule is Fc1cc(Nc2n[nH]c3c(F)c(Cl)c(-c4ccccc4)cc23)cc(C(F)(F)F)c1.O=[N+]([O-])c1ccc(Nc2n[nH]c3c(F)c(Cl)c(-c4ccccc4)cc23)cc1.